The molecule has 5 aromatic rings. The van der Waals surface area contributed by atoms with Crippen molar-refractivity contribution in [2.75, 3.05) is 11.9 Å². The summed E-state index contributed by atoms with van der Waals surface area (Å²) in [4.78, 5) is 55.4. The van der Waals surface area contributed by atoms with Crippen molar-refractivity contribution in [2.24, 2.45) is 0 Å². The summed E-state index contributed by atoms with van der Waals surface area (Å²) in [5.74, 6) is -1.59. The molecular weight excluding hydrogens is 807 g/mol. The molecule has 4 atom stereocenters. The topological polar surface area (TPSA) is 167 Å². The standard InChI is InChI=1S/C46H38Cl2N4O8/c47-35-16-7-28(18-36(35)48)25-59-34-14-12-31(13-15-34)42-44(54)50-37-20-32-21-39(52(24-33(32)22-41(37)60-42)45(55)40-2-1-17-58-40)43(53)51-38(46(56)57)19-26-3-8-29(9-4-26)30-10-5-27(23-49)6-11-30/h3-16,18,20,22,38-40,42H,1-2,17,19,21,24-25H2,(H,50,54)(H,51,53)(H,56,57). The molecule has 304 valence electrons. The van der Waals surface area contributed by atoms with Gasteiger partial charge in [-0.3, -0.25) is 14.4 Å². The molecule has 12 nitrogen and oxygen atoms in total. The van der Waals surface area contributed by atoms with Gasteiger partial charge >= 0.3 is 5.97 Å². The van der Waals surface area contributed by atoms with Crippen LogP contribution in [0.5, 0.6) is 11.5 Å². The second-order valence-corrected chi connectivity index (χ2v) is 15.7. The van der Waals surface area contributed by atoms with Crippen LogP contribution in [0.4, 0.5) is 5.69 Å². The number of aliphatic carboxylic acids is 1. The number of halogens is 2. The lowest BCUT2D eigenvalue weighted by molar-refractivity contribution is -0.150. The monoisotopic (exact) mass is 844 g/mol. The Morgan fingerprint density at radius 1 is 0.917 bits per heavy atom. The van der Waals surface area contributed by atoms with Crippen molar-refractivity contribution in [3.8, 4) is 28.7 Å². The number of rotatable bonds is 11. The van der Waals surface area contributed by atoms with Gasteiger partial charge in [0.25, 0.3) is 11.8 Å². The number of hydrogen-bond donors (Lipinski definition) is 3. The molecular formula is C46H38Cl2N4O8. The number of carbonyl (C=O) groups is 4. The lowest BCUT2D eigenvalue weighted by Crippen LogP contribution is -2.57. The van der Waals surface area contributed by atoms with Crippen molar-refractivity contribution in [1.82, 2.24) is 10.2 Å². The molecule has 5 aromatic carbocycles. The zero-order valence-electron chi connectivity index (χ0n) is 32.0. The summed E-state index contributed by atoms with van der Waals surface area (Å²) in [5.41, 5.74) is 6.32. The van der Waals surface area contributed by atoms with Crippen molar-refractivity contribution >= 4 is 52.6 Å². The predicted octanol–water partition coefficient (Wildman–Crippen LogP) is 7.43. The van der Waals surface area contributed by atoms with Crippen LogP contribution in [0.3, 0.4) is 0 Å². The number of nitrogens with one attached hydrogen (secondary N) is 2. The molecule has 1 fully saturated rings. The summed E-state index contributed by atoms with van der Waals surface area (Å²) >= 11 is 12.1. The Labute approximate surface area is 355 Å². The molecule has 0 radical (unpaired) electrons. The maximum atomic E-state index is 14.1. The number of anilines is 1. The maximum absolute atomic E-state index is 14.1. The van der Waals surface area contributed by atoms with E-state index in [9.17, 15) is 24.3 Å². The summed E-state index contributed by atoms with van der Waals surface area (Å²) in [5, 5.41) is 25.8. The van der Waals surface area contributed by atoms with Gasteiger partial charge in [-0.15, -0.1) is 0 Å². The van der Waals surface area contributed by atoms with E-state index in [0.29, 0.717) is 68.9 Å². The quantitative estimate of drug-likeness (QED) is 0.123. The fourth-order valence-electron chi connectivity index (χ4n) is 7.64. The van der Waals surface area contributed by atoms with Crippen LogP contribution in [-0.4, -0.2) is 58.5 Å². The number of carbonyl (C=O) groups excluding carboxylic acids is 3. The van der Waals surface area contributed by atoms with E-state index in [0.717, 1.165) is 22.3 Å². The number of carboxylic acid groups (broad SMARTS) is 1. The van der Waals surface area contributed by atoms with Gasteiger partial charge in [0, 0.05) is 31.6 Å². The first-order valence-corrected chi connectivity index (χ1v) is 20.1. The maximum Gasteiger partial charge on any atom is 0.326 e. The van der Waals surface area contributed by atoms with Crippen LogP contribution < -0.4 is 20.1 Å². The van der Waals surface area contributed by atoms with E-state index >= 15 is 0 Å². The molecule has 0 bridgehead atoms. The number of hydrogen-bond acceptors (Lipinski definition) is 8. The lowest BCUT2D eigenvalue weighted by atomic mass is 9.91. The second-order valence-electron chi connectivity index (χ2n) is 14.9. The third-order valence-corrected chi connectivity index (χ3v) is 11.6. The largest absolute Gasteiger partial charge is 0.489 e. The van der Waals surface area contributed by atoms with Crippen molar-refractivity contribution in [3.05, 3.63) is 147 Å². The second kappa shape index (κ2) is 17.5. The summed E-state index contributed by atoms with van der Waals surface area (Å²) in [6.45, 7) is 0.734. The van der Waals surface area contributed by atoms with Crippen LogP contribution in [0, 0.1) is 11.3 Å². The van der Waals surface area contributed by atoms with Crippen molar-refractivity contribution in [1.29, 1.82) is 5.26 Å². The van der Waals surface area contributed by atoms with Crippen LogP contribution in [0.2, 0.25) is 10.0 Å². The van der Waals surface area contributed by atoms with Crippen LogP contribution in [0.15, 0.2) is 103 Å². The first-order valence-electron chi connectivity index (χ1n) is 19.4. The molecule has 0 spiro atoms. The molecule has 0 aliphatic carbocycles. The highest BCUT2D eigenvalue weighted by molar-refractivity contribution is 6.42. The van der Waals surface area contributed by atoms with Crippen LogP contribution in [-0.2, 0) is 49.9 Å². The van der Waals surface area contributed by atoms with Gasteiger partial charge in [-0.25, -0.2) is 4.79 Å². The zero-order chi connectivity index (χ0) is 41.9. The van der Waals surface area contributed by atoms with Gasteiger partial charge in [0.1, 0.15) is 36.3 Å². The number of benzene rings is 5. The smallest absolute Gasteiger partial charge is 0.326 e. The summed E-state index contributed by atoms with van der Waals surface area (Å²) in [7, 11) is 0. The Morgan fingerprint density at radius 2 is 1.63 bits per heavy atom. The summed E-state index contributed by atoms with van der Waals surface area (Å²) in [6, 6.07) is 30.0. The minimum absolute atomic E-state index is 0.00421. The van der Waals surface area contributed by atoms with E-state index in [1.165, 1.54) is 4.90 Å². The SMILES string of the molecule is N#Cc1ccc(-c2ccc(CC(NC(=O)C3Cc4cc5c(cc4CN3C(=O)C3CCCO3)OC(c3ccc(OCc4ccc(Cl)c(Cl)c4)cc3)C(=O)N5)C(=O)O)cc2)cc1. The molecule has 4 unspecified atom stereocenters. The van der Waals surface area contributed by atoms with E-state index in [-0.39, 0.29) is 37.8 Å². The summed E-state index contributed by atoms with van der Waals surface area (Å²) in [6.07, 6.45) is -0.402. The Morgan fingerprint density at radius 3 is 2.30 bits per heavy atom. The highest BCUT2D eigenvalue weighted by atomic mass is 35.5. The fraction of sp³-hybridized carbons (Fsp3) is 0.239. The Balaban J connectivity index is 0.974. The van der Waals surface area contributed by atoms with E-state index in [4.69, 9.17) is 42.7 Å². The van der Waals surface area contributed by atoms with Gasteiger partial charge in [0.2, 0.25) is 12.0 Å². The number of carboxylic acids is 1. The van der Waals surface area contributed by atoms with E-state index < -0.39 is 36.2 Å². The molecule has 0 aromatic heterocycles. The first-order chi connectivity index (χ1) is 29.0. The molecule has 3 aliphatic heterocycles. The molecule has 3 N–H and O–H groups in total. The van der Waals surface area contributed by atoms with Gasteiger partial charge < -0.3 is 34.9 Å². The summed E-state index contributed by atoms with van der Waals surface area (Å²) < 4.78 is 17.9. The van der Waals surface area contributed by atoms with E-state index in [1.54, 1.807) is 72.8 Å². The van der Waals surface area contributed by atoms with Crippen molar-refractivity contribution in [3.63, 3.8) is 0 Å². The van der Waals surface area contributed by atoms with Crippen LogP contribution >= 0.6 is 23.2 Å². The first kappa shape index (κ1) is 40.4. The molecule has 14 heteroatoms. The normalized spacial score (nSPS) is 18.5. The van der Waals surface area contributed by atoms with Crippen LogP contribution in [0.1, 0.15) is 52.3 Å². The van der Waals surface area contributed by atoms with E-state index in [2.05, 4.69) is 16.7 Å². The van der Waals surface area contributed by atoms with Crippen LogP contribution in [0.25, 0.3) is 11.1 Å². The highest BCUT2D eigenvalue weighted by Crippen LogP contribution is 2.40. The molecule has 1 saturated heterocycles. The average molecular weight is 846 g/mol. The van der Waals surface area contributed by atoms with Crippen molar-refractivity contribution in [2.45, 2.75) is 63.1 Å². The van der Waals surface area contributed by atoms with Gasteiger partial charge in [-0.1, -0.05) is 77.8 Å². The molecule has 60 heavy (non-hydrogen) atoms. The fourth-order valence-corrected chi connectivity index (χ4v) is 7.96. The third kappa shape index (κ3) is 8.79. The molecule has 3 amide bonds. The Kier molecular flexibility index (Phi) is 11.7. The number of ether oxygens (including phenoxy) is 3. The van der Waals surface area contributed by atoms with Crippen molar-refractivity contribution < 1.29 is 38.5 Å². The minimum Gasteiger partial charge on any atom is -0.489 e. The average Bonchev–Trinajstić information content (AvgIpc) is 3.81. The molecule has 3 heterocycles. The number of fused-ring (bicyclic) bond motifs is 2. The van der Waals surface area contributed by atoms with Gasteiger partial charge in [-0.2, -0.15) is 5.26 Å². The Hall–Kier alpha value is -6.39. The Bertz CT molecular complexity index is 2500. The van der Waals surface area contributed by atoms with Gasteiger partial charge in [-0.05, 0) is 94.8 Å². The molecule has 3 aliphatic rings. The molecule has 8 rings (SSSR count). The third-order valence-electron chi connectivity index (χ3n) is 10.9. The highest BCUT2D eigenvalue weighted by Gasteiger charge is 2.41. The number of nitriles is 1. The number of nitrogens with zero attached hydrogens (tertiary/aromatic N) is 2. The van der Waals surface area contributed by atoms with Gasteiger partial charge in [0.05, 0.1) is 27.4 Å². The number of amides is 3. The minimum atomic E-state index is -1.28. The lowest BCUT2D eigenvalue weighted by Gasteiger charge is -2.38. The molecule has 0 saturated carbocycles. The van der Waals surface area contributed by atoms with E-state index in [1.807, 2.05) is 30.3 Å². The zero-order valence-corrected chi connectivity index (χ0v) is 33.5. The van der Waals surface area contributed by atoms with Gasteiger partial charge in [0.15, 0.2) is 0 Å². The predicted molar refractivity (Wildman–Crippen MR) is 223 cm³/mol.